The van der Waals surface area contributed by atoms with Crippen LogP contribution in [0.1, 0.15) is 144 Å². The maximum Gasteiger partial charge on any atom is 0.414 e. The van der Waals surface area contributed by atoms with Crippen LogP contribution in [0.4, 0.5) is 30.8 Å². The van der Waals surface area contributed by atoms with Crippen LogP contribution in [0.15, 0.2) is 34.3 Å². The Morgan fingerprint density at radius 1 is 0.623 bits per heavy atom. The lowest BCUT2D eigenvalue weighted by atomic mass is 10.1. The van der Waals surface area contributed by atoms with E-state index in [1.54, 1.807) is 83.1 Å². The third-order valence-electron chi connectivity index (χ3n) is 9.80. The van der Waals surface area contributed by atoms with E-state index in [1.807, 2.05) is 24.3 Å². The number of anilines is 2. The van der Waals surface area contributed by atoms with Gasteiger partial charge in [-0.2, -0.15) is 0 Å². The van der Waals surface area contributed by atoms with E-state index in [0.29, 0.717) is 83.7 Å². The van der Waals surface area contributed by atoms with Crippen molar-refractivity contribution in [2.45, 2.75) is 163 Å². The van der Waals surface area contributed by atoms with Gasteiger partial charge in [0.15, 0.2) is 28.4 Å². The van der Waals surface area contributed by atoms with Crippen LogP contribution in [0.3, 0.4) is 0 Å². The van der Waals surface area contributed by atoms with Crippen molar-refractivity contribution in [2.24, 2.45) is 15.7 Å². The highest BCUT2D eigenvalue weighted by Crippen LogP contribution is 2.18. The number of rotatable bonds is 25. The number of nitrogens with two attached hydrogens (primary N) is 3. The molecule has 2 rings (SSSR count). The van der Waals surface area contributed by atoms with Crippen molar-refractivity contribution in [3.63, 3.8) is 0 Å². The average Bonchev–Trinajstić information content (AvgIpc) is 3.27. The van der Waals surface area contributed by atoms with Crippen molar-refractivity contribution in [3.8, 4) is 5.75 Å². The largest absolute Gasteiger partial charge is 0.492 e. The predicted octanol–water partition coefficient (Wildman–Crippen LogP) is 5.93. The third-order valence-corrected chi connectivity index (χ3v) is 10.1. The number of hydrogen-bond donors (Lipinski definition) is 9. The Balaban J connectivity index is 2.00. The Morgan fingerprint density at radius 3 is 1.71 bits per heavy atom. The number of nitrogen functional groups attached to an aromatic ring is 2. The number of nitrogens with zero attached hydrogens (tertiary/aromatic N) is 5. The molecule has 25 nitrogen and oxygen atoms in total. The van der Waals surface area contributed by atoms with E-state index in [-0.39, 0.29) is 47.4 Å². The zero-order valence-electron chi connectivity index (χ0n) is 47.0. The number of halogens is 1. The second kappa shape index (κ2) is 32.0. The molecule has 1 heterocycles. The molecule has 1 aromatic carbocycles. The van der Waals surface area contributed by atoms with Gasteiger partial charge in [-0.3, -0.25) is 40.4 Å². The number of aromatic nitrogens is 2. The molecule has 2 aromatic rings. The number of carbonyl (C=O) groups is 6. The topological polar surface area (TPSA) is 353 Å². The first-order chi connectivity index (χ1) is 35.8. The maximum absolute atomic E-state index is 13.6. The van der Waals surface area contributed by atoms with E-state index >= 15 is 0 Å². The molecule has 0 aliphatic carbocycles. The van der Waals surface area contributed by atoms with Crippen LogP contribution < -0.4 is 53.8 Å². The van der Waals surface area contributed by atoms with Crippen molar-refractivity contribution >= 4 is 71.3 Å². The Bertz CT molecular complexity index is 2260. The minimum absolute atomic E-state index is 0.0949. The van der Waals surface area contributed by atoms with Crippen molar-refractivity contribution < 1.29 is 52.5 Å². The standard InChI is InChI=1S/C51H85ClN14O11/c1-48(2,3)74-44(69)59-28-18-30-66(31-32-73-34-23-21-33(22-24-34)19-13-15-25-57-42(55)63-41(68)36-38(53)62-39(54)37(52)61-36)29-17-27-56-40(67)35(60-45(70)75-49(4,5)6)20-14-16-26-58-43(64-46(71)76-50(7,8)9)65-47(72)77-51(10,11)12/h21-24,35H,13-20,25-32H2,1-12H3,(H,56,67)(H,59,69)(H,60,70)(H4,53,54,62)(H3,55,57,63,68)(H2,58,64,65,71,72)/t35-/m0/s1. The number of aryl methyl sites for hydroxylation is 1. The van der Waals surface area contributed by atoms with Gasteiger partial charge in [0.2, 0.25) is 11.9 Å². The molecule has 1 aromatic heterocycles. The Morgan fingerprint density at radius 2 is 1.14 bits per heavy atom. The molecule has 0 radical (unpaired) electrons. The fourth-order valence-corrected chi connectivity index (χ4v) is 6.70. The molecule has 0 spiro atoms. The van der Waals surface area contributed by atoms with Gasteiger partial charge in [0.25, 0.3) is 5.91 Å². The number of hydrogen-bond acceptors (Lipinski definition) is 18. The van der Waals surface area contributed by atoms with Gasteiger partial charge in [-0.1, -0.05) is 23.7 Å². The van der Waals surface area contributed by atoms with E-state index in [1.165, 1.54) is 0 Å². The lowest BCUT2D eigenvalue weighted by molar-refractivity contribution is -0.123. The lowest BCUT2D eigenvalue weighted by Crippen LogP contribution is -2.48. The minimum Gasteiger partial charge on any atom is -0.492 e. The molecule has 0 saturated heterocycles. The van der Waals surface area contributed by atoms with Crippen LogP contribution >= 0.6 is 11.6 Å². The first-order valence-electron chi connectivity index (χ1n) is 25.7. The molecule has 6 amide bonds. The van der Waals surface area contributed by atoms with Crippen LogP contribution in [-0.4, -0.2) is 144 Å². The molecule has 26 heteroatoms. The summed E-state index contributed by atoms with van der Waals surface area (Å²) in [6, 6.07) is 6.86. The fraction of sp³-hybridized carbons (Fsp3) is 0.647. The normalized spacial score (nSPS) is 12.4. The molecule has 77 heavy (non-hydrogen) atoms. The first-order valence-corrected chi connectivity index (χ1v) is 26.1. The van der Waals surface area contributed by atoms with Crippen molar-refractivity contribution in [1.82, 2.24) is 46.8 Å². The first kappa shape index (κ1) is 66.2. The Kier molecular flexibility index (Phi) is 27.5. The summed E-state index contributed by atoms with van der Waals surface area (Å²) < 4.78 is 27.6. The summed E-state index contributed by atoms with van der Waals surface area (Å²) >= 11 is 5.86. The minimum atomic E-state index is -0.942. The Hall–Kier alpha value is -6.89. The molecule has 0 fully saturated rings. The molecule has 0 saturated carbocycles. The summed E-state index contributed by atoms with van der Waals surface area (Å²) in [7, 11) is 0. The van der Waals surface area contributed by atoms with E-state index < -0.39 is 64.6 Å². The summed E-state index contributed by atoms with van der Waals surface area (Å²) in [4.78, 5) is 94.6. The number of aliphatic imine (C=N–C) groups is 2. The van der Waals surface area contributed by atoms with Gasteiger partial charge in [0.05, 0.1) is 0 Å². The summed E-state index contributed by atoms with van der Waals surface area (Å²) in [6.07, 6.45) is 1.64. The van der Waals surface area contributed by atoms with Crippen LogP contribution in [-0.2, 0) is 30.2 Å². The number of nitrogens with one attached hydrogen (secondary N) is 6. The van der Waals surface area contributed by atoms with E-state index in [2.05, 4.69) is 56.8 Å². The van der Waals surface area contributed by atoms with Gasteiger partial charge in [-0.15, -0.1) is 0 Å². The summed E-state index contributed by atoms with van der Waals surface area (Å²) in [5.41, 5.74) is 15.0. The zero-order chi connectivity index (χ0) is 58.0. The molecule has 0 aliphatic heterocycles. The molecule has 0 bridgehead atoms. The van der Waals surface area contributed by atoms with Gasteiger partial charge >= 0.3 is 24.4 Å². The molecular weight excluding hydrogens is 1020 g/mol. The second-order valence-electron chi connectivity index (χ2n) is 21.8. The van der Waals surface area contributed by atoms with Gasteiger partial charge in [0, 0.05) is 32.7 Å². The summed E-state index contributed by atoms with van der Waals surface area (Å²) in [5.74, 6) is -0.964. The molecule has 432 valence electrons. The molecule has 12 N–H and O–H groups in total. The highest BCUT2D eigenvalue weighted by molar-refractivity contribution is 6.31. The highest BCUT2D eigenvalue weighted by atomic mass is 35.5. The van der Waals surface area contributed by atoms with Crippen LogP contribution in [0, 0.1) is 0 Å². The zero-order valence-corrected chi connectivity index (χ0v) is 47.8. The quantitative estimate of drug-likeness (QED) is 0.0241. The third kappa shape index (κ3) is 31.7. The molecule has 1 atom stereocenters. The van der Waals surface area contributed by atoms with E-state index in [0.717, 1.165) is 18.4 Å². The number of ether oxygens (including phenoxy) is 5. The number of benzene rings is 1. The van der Waals surface area contributed by atoms with Crippen molar-refractivity contribution in [2.75, 3.05) is 63.9 Å². The van der Waals surface area contributed by atoms with Gasteiger partial charge in [-0.25, -0.2) is 29.1 Å². The molecule has 0 unspecified atom stereocenters. The lowest BCUT2D eigenvalue weighted by Gasteiger charge is -2.24. The highest BCUT2D eigenvalue weighted by Gasteiger charge is 2.26. The van der Waals surface area contributed by atoms with Gasteiger partial charge < -0.3 is 56.8 Å². The molecular formula is C51H85ClN14O11. The average molecular weight is 1110 g/mol. The van der Waals surface area contributed by atoms with Gasteiger partial charge in [0.1, 0.15) is 40.8 Å². The number of amides is 6. The second-order valence-corrected chi connectivity index (χ2v) is 22.1. The monoisotopic (exact) mass is 1100 g/mol. The predicted molar refractivity (Wildman–Crippen MR) is 296 cm³/mol. The molecule has 0 aliphatic rings. The Labute approximate surface area is 458 Å². The number of unbranched alkanes of at least 4 members (excludes halogenated alkanes) is 2. The number of guanidine groups is 2. The van der Waals surface area contributed by atoms with Gasteiger partial charge in [-0.05, 0) is 165 Å². The maximum atomic E-state index is 13.6. The van der Waals surface area contributed by atoms with Crippen LogP contribution in [0.25, 0.3) is 0 Å². The number of alkyl carbamates (subject to hydrolysis) is 4. The van der Waals surface area contributed by atoms with Crippen LogP contribution in [0.5, 0.6) is 5.75 Å². The smallest absolute Gasteiger partial charge is 0.414 e. The SMILES string of the molecule is CC(C)(C)OC(=O)NCCCN(CCCNC(=O)[C@H](CCCCN=C(NC(=O)OC(C)(C)C)NC(=O)OC(C)(C)C)NC(=O)OC(C)(C)C)CCOc1ccc(CCCCN=C(N)NC(=O)c2nc(Cl)c(N)nc2N)cc1. The summed E-state index contributed by atoms with van der Waals surface area (Å²) in [5, 5.41) is 15.6. The van der Waals surface area contributed by atoms with E-state index in [9.17, 15) is 28.8 Å². The van der Waals surface area contributed by atoms with Crippen molar-refractivity contribution in [3.05, 3.63) is 40.7 Å². The summed E-state index contributed by atoms with van der Waals surface area (Å²) in [6.45, 7) is 24.0. The van der Waals surface area contributed by atoms with Crippen LogP contribution in [0.2, 0.25) is 5.15 Å². The van der Waals surface area contributed by atoms with Crippen molar-refractivity contribution in [1.29, 1.82) is 0 Å². The van der Waals surface area contributed by atoms with E-state index in [4.69, 9.17) is 52.5 Å². The fourth-order valence-electron chi connectivity index (χ4n) is 6.57. The number of carbonyl (C=O) groups excluding carboxylic acids is 6.